The Balaban J connectivity index is 3.15. The lowest BCUT2D eigenvalue weighted by Gasteiger charge is -2.11. The minimum absolute atomic E-state index is 0.448. The molecule has 2 atom stereocenters. The maximum atomic E-state index is 6.17. The van der Waals surface area contributed by atoms with Crippen molar-refractivity contribution in [2.45, 2.75) is 129 Å². The molecule has 2 nitrogen and oxygen atoms in total. The molecule has 0 amide bonds. The average molecular weight is 405 g/mol. The van der Waals surface area contributed by atoms with Crippen molar-refractivity contribution in [1.82, 2.24) is 0 Å². The summed E-state index contributed by atoms with van der Waals surface area (Å²) < 4.78 is 0. The van der Waals surface area contributed by atoms with Gasteiger partial charge in [0.2, 0.25) is 0 Å². The van der Waals surface area contributed by atoms with Crippen LogP contribution in [0, 0.1) is 0 Å². The number of unbranched alkanes of at least 4 members (excludes halogenated alkanes) is 8. The van der Waals surface area contributed by atoms with Gasteiger partial charge in [0.05, 0.1) is 0 Å². The highest BCUT2D eigenvalue weighted by atomic mass is 33.1. The van der Waals surface area contributed by atoms with E-state index in [0.717, 1.165) is 0 Å². The molecule has 0 bridgehead atoms. The third kappa shape index (κ3) is 20.9. The van der Waals surface area contributed by atoms with E-state index in [9.17, 15) is 0 Å². The van der Waals surface area contributed by atoms with Crippen LogP contribution in [0.3, 0.4) is 0 Å². The topological polar surface area (TPSA) is 52.0 Å². The first kappa shape index (κ1) is 26.6. The molecule has 4 heteroatoms. The van der Waals surface area contributed by atoms with E-state index in [2.05, 4.69) is 35.4 Å². The Morgan fingerprint density at radius 1 is 0.500 bits per heavy atom. The van der Waals surface area contributed by atoms with Gasteiger partial charge in [-0.25, -0.2) is 0 Å². The van der Waals surface area contributed by atoms with E-state index in [1.165, 1.54) is 114 Å². The molecule has 0 radical (unpaired) electrons. The standard InChI is InChI=1S/C22H48N2S2/c1-3-5-9-15-21(23)17-11-7-13-19-25-26-20-14-8-12-18-22(24)16-10-6-4-2/h21-22H,3-20,23-24H2,1-2H3. The van der Waals surface area contributed by atoms with Crippen LogP contribution in [0.5, 0.6) is 0 Å². The van der Waals surface area contributed by atoms with Crippen LogP contribution in [-0.4, -0.2) is 23.6 Å². The Labute approximate surface area is 173 Å². The van der Waals surface area contributed by atoms with Crippen molar-refractivity contribution in [2.24, 2.45) is 11.5 Å². The molecule has 158 valence electrons. The second-order valence-corrected chi connectivity index (χ2v) is 10.6. The fraction of sp³-hybridized carbons (Fsp3) is 1.00. The van der Waals surface area contributed by atoms with Gasteiger partial charge < -0.3 is 11.5 Å². The highest BCUT2D eigenvalue weighted by Gasteiger charge is 2.03. The van der Waals surface area contributed by atoms with E-state index in [-0.39, 0.29) is 0 Å². The first-order valence-electron chi connectivity index (χ1n) is 11.5. The van der Waals surface area contributed by atoms with Gasteiger partial charge in [0, 0.05) is 23.6 Å². The van der Waals surface area contributed by atoms with Crippen LogP contribution in [0.15, 0.2) is 0 Å². The molecule has 2 unspecified atom stereocenters. The van der Waals surface area contributed by atoms with Crippen LogP contribution in [0.2, 0.25) is 0 Å². The van der Waals surface area contributed by atoms with Gasteiger partial charge >= 0.3 is 0 Å². The lowest BCUT2D eigenvalue weighted by atomic mass is 10.0. The molecule has 4 N–H and O–H groups in total. The maximum absolute atomic E-state index is 6.17. The summed E-state index contributed by atoms with van der Waals surface area (Å²) in [6.07, 6.45) is 20.9. The smallest absolute Gasteiger partial charge is 0.00388 e. The van der Waals surface area contributed by atoms with Crippen molar-refractivity contribution in [3.8, 4) is 0 Å². The van der Waals surface area contributed by atoms with Gasteiger partial charge in [0.25, 0.3) is 0 Å². The van der Waals surface area contributed by atoms with E-state index in [0.29, 0.717) is 12.1 Å². The molecule has 0 aromatic rings. The maximum Gasteiger partial charge on any atom is 0.00388 e. The molecular formula is C22H48N2S2. The molecule has 0 fully saturated rings. The van der Waals surface area contributed by atoms with E-state index in [1.807, 2.05) is 0 Å². The molecule has 0 rings (SSSR count). The van der Waals surface area contributed by atoms with E-state index in [1.54, 1.807) is 0 Å². The summed E-state index contributed by atoms with van der Waals surface area (Å²) >= 11 is 0. The molecular weight excluding hydrogens is 356 g/mol. The van der Waals surface area contributed by atoms with Crippen LogP contribution in [0.1, 0.15) is 117 Å². The van der Waals surface area contributed by atoms with Crippen molar-refractivity contribution in [3.05, 3.63) is 0 Å². The lowest BCUT2D eigenvalue weighted by molar-refractivity contribution is 0.503. The highest BCUT2D eigenvalue weighted by Crippen LogP contribution is 2.24. The lowest BCUT2D eigenvalue weighted by Crippen LogP contribution is -2.19. The van der Waals surface area contributed by atoms with Crippen molar-refractivity contribution < 1.29 is 0 Å². The zero-order valence-electron chi connectivity index (χ0n) is 17.9. The van der Waals surface area contributed by atoms with Crippen molar-refractivity contribution >= 4 is 21.6 Å². The van der Waals surface area contributed by atoms with Gasteiger partial charge in [0.1, 0.15) is 0 Å². The van der Waals surface area contributed by atoms with E-state index in [4.69, 9.17) is 11.5 Å². The minimum atomic E-state index is 0.448. The Morgan fingerprint density at radius 3 is 1.19 bits per heavy atom. The summed E-state index contributed by atoms with van der Waals surface area (Å²) in [5.41, 5.74) is 12.3. The SMILES string of the molecule is CCCCCC(N)CCCCCSSCCCCCC(N)CCCCC. The van der Waals surface area contributed by atoms with Gasteiger partial charge in [-0.15, -0.1) is 0 Å². The summed E-state index contributed by atoms with van der Waals surface area (Å²) in [4.78, 5) is 0. The van der Waals surface area contributed by atoms with Gasteiger partial charge in [0.15, 0.2) is 0 Å². The Hall–Kier alpha value is 0.620. The normalized spacial score (nSPS) is 13.8. The summed E-state index contributed by atoms with van der Waals surface area (Å²) in [5, 5.41) is 0. The predicted octanol–water partition coefficient (Wildman–Crippen LogP) is 7.30. The zero-order valence-corrected chi connectivity index (χ0v) is 19.5. The molecule has 0 aliphatic carbocycles. The van der Waals surface area contributed by atoms with Crippen LogP contribution in [0.4, 0.5) is 0 Å². The number of rotatable bonds is 21. The van der Waals surface area contributed by atoms with Crippen LogP contribution in [-0.2, 0) is 0 Å². The Bertz CT molecular complexity index is 239. The summed E-state index contributed by atoms with van der Waals surface area (Å²) in [5.74, 6) is 2.61. The largest absolute Gasteiger partial charge is 0.328 e. The second-order valence-electron chi connectivity index (χ2n) is 7.85. The summed E-state index contributed by atoms with van der Waals surface area (Å²) in [7, 11) is 4.14. The first-order chi connectivity index (χ1) is 12.7. The van der Waals surface area contributed by atoms with Crippen molar-refractivity contribution in [3.63, 3.8) is 0 Å². The molecule has 0 aliphatic heterocycles. The van der Waals surface area contributed by atoms with Crippen LogP contribution in [0.25, 0.3) is 0 Å². The molecule has 0 aromatic carbocycles. The zero-order chi connectivity index (χ0) is 19.3. The summed E-state index contributed by atoms with van der Waals surface area (Å²) in [6.45, 7) is 4.51. The predicted molar refractivity (Wildman–Crippen MR) is 126 cm³/mol. The first-order valence-corrected chi connectivity index (χ1v) is 13.9. The Morgan fingerprint density at radius 2 is 0.846 bits per heavy atom. The van der Waals surface area contributed by atoms with Crippen LogP contribution >= 0.6 is 21.6 Å². The molecule has 0 aliphatic rings. The highest BCUT2D eigenvalue weighted by molar-refractivity contribution is 8.76. The van der Waals surface area contributed by atoms with E-state index < -0.39 is 0 Å². The number of nitrogens with two attached hydrogens (primary N) is 2. The third-order valence-corrected chi connectivity index (χ3v) is 7.62. The molecule has 0 spiro atoms. The number of hydrogen-bond acceptors (Lipinski definition) is 4. The van der Waals surface area contributed by atoms with Crippen molar-refractivity contribution in [2.75, 3.05) is 11.5 Å². The van der Waals surface area contributed by atoms with Crippen LogP contribution < -0.4 is 11.5 Å². The van der Waals surface area contributed by atoms with Gasteiger partial charge in [-0.2, -0.15) is 0 Å². The molecule has 0 aromatic heterocycles. The minimum Gasteiger partial charge on any atom is -0.328 e. The monoisotopic (exact) mass is 404 g/mol. The van der Waals surface area contributed by atoms with Crippen molar-refractivity contribution in [1.29, 1.82) is 0 Å². The fourth-order valence-electron chi connectivity index (χ4n) is 3.21. The average Bonchev–Trinajstić information content (AvgIpc) is 2.63. The summed E-state index contributed by atoms with van der Waals surface area (Å²) in [6, 6.07) is 0.895. The fourth-order valence-corrected chi connectivity index (χ4v) is 5.50. The second kappa shape index (κ2) is 21.9. The molecule has 0 saturated heterocycles. The molecule has 26 heavy (non-hydrogen) atoms. The van der Waals surface area contributed by atoms with Gasteiger partial charge in [-0.3, -0.25) is 0 Å². The molecule has 0 saturated carbocycles. The number of hydrogen-bond donors (Lipinski definition) is 2. The Kier molecular flexibility index (Phi) is 22.4. The quantitative estimate of drug-likeness (QED) is 0.156. The van der Waals surface area contributed by atoms with E-state index >= 15 is 0 Å². The molecule has 0 heterocycles. The van der Waals surface area contributed by atoms with Gasteiger partial charge in [-0.1, -0.05) is 99.6 Å². The third-order valence-electron chi connectivity index (χ3n) is 5.05. The van der Waals surface area contributed by atoms with Gasteiger partial charge in [-0.05, 0) is 38.5 Å².